The molecule has 2 N–H and O–H groups in total. The molecular formula is C8H9ClN2O4S. The summed E-state index contributed by atoms with van der Waals surface area (Å²) < 4.78 is 0. The summed E-state index contributed by atoms with van der Waals surface area (Å²) in [5.74, 6) is 0.223. The van der Waals surface area contributed by atoms with Crippen molar-refractivity contribution in [1.29, 1.82) is 0 Å². The Balaban J connectivity index is 2.72. The molecule has 0 saturated heterocycles. The summed E-state index contributed by atoms with van der Waals surface area (Å²) in [5.41, 5.74) is -0.183. The molecule has 1 aromatic rings. The van der Waals surface area contributed by atoms with Gasteiger partial charge in [-0.05, 0) is 0 Å². The van der Waals surface area contributed by atoms with E-state index in [9.17, 15) is 10.1 Å². The first-order valence-corrected chi connectivity index (χ1v) is 5.62. The third-order valence-electron chi connectivity index (χ3n) is 1.63. The van der Waals surface area contributed by atoms with Crippen LogP contribution >= 0.6 is 23.4 Å². The summed E-state index contributed by atoms with van der Waals surface area (Å²) in [6, 6.07) is 1.20. The topological polar surface area (TPSA) is 96.5 Å². The molecule has 0 aliphatic carbocycles. The van der Waals surface area contributed by atoms with E-state index in [-0.39, 0.29) is 23.1 Å². The van der Waals surface area contributed by atoms with Gasteiger partial charge in [0, 0.05) is 11.8 Å². The van der Waals surface area contributed by atoms with Crippen LogP contribution in [-0.4, -0.2) is 38.6 Å². The Hall–Kier alpha value is -0.890. The van der Waals surface area contributed by atoms with Crippen LogP contribution in [0.4, 0.5) is 5.69 Å². The molecule has 1 rings (SSSR count). The lowest BCUT2D eigenvalue weighted by Crippen LogP contribution is -2.14. The molecule has 8 heteroatoms. The predicted octanol–water partition coefficient (Wildman–Crippen LogP) is 1.09. The Labute approximate surface area is 100 Å². The molecule has 16 heavy (non-hydrogen) atoms. The first kappa shape index (κ1) is 13.2. The lowest BCUT2D eigenvalue weighted by atomic mass is 10.4. The van der Waals surface area contributed by atoms with Crippen LogP contribution in [0, 0.1) is 10.1 Å². The average molecular weight is 265 g/mol. The number of nitrogens with zero attached hydrogens (tertiary/aromatic N) is 2. The monoisotopic (exact) mass is 264 g/mol. The minimum Gasteiger partial charge on any atom is -0.394 e. The minimum absolute atomic E-state index is 0.157. The quantitative estimate of drug-likeness (QED) is 0.469. The molecule has 0 aromatic carbocycles. The zero-order valence-electron chi connectivity index (χ0n) is 8.04. The van der Waals surface area contributed by atoms with Crippen molar-refractivity contribution in [2.45, 2.75) is 11.1 Å². The van der Waals surface area contributed by atoms with E-state index in [2.05, 4.69) is 4.98 Å². The smallest absolute Gasteiger partial charge is 0.289 e. The van der Waals surface area contributed by atoms with Crippen molar-refractivity contribution in [3.05, 3.63) is 27.4 Å². The van der Waals surface area contributed by atoms with Crippen molar-refractivity contribution in [3.63, 3.8) is 0 Å². The first-order valence-electron chi connectivity index (χ1n) is 4.26. The number of nitro groups is 1. The number of rotatable bonds is 5. The number of aromatic nitrogens is 1. The molecule has 0 radical (unpaired) electrons. The summed E-state index contributed by atoms with van der Waals surface area (Å²) in [6.45, 7) is -0.350. The molecule has 0 bridgehead atoms. The maximum Gasteiger partial charge on any atom is 0.289 e. The molecule has 0 aliphatic heterocycles. The molecule has 1 atom stereocenters. The van der Waals surface area contributed by atoms with Gasteiger partial charge in [0.05, 0.1) is 22.7 Å². The molecule has 0 aliphatic rings. The highest BCUT2D eigenvalue weighted by Gasteiger charge is 2.12. The van der Waals surface area contributed by atoms with Crippen molar-refractivity contribution < 1.29 is 15.1 Å². The number of hydrogen-bond donors (Lipinski definition) is 2. The summed E-state index contributed by atoms with van der Waals surface area (Å²) >= 11 is 6.89. The Morgan fingerprint density at radius 1 is 1.69 bits per heavy atom. The summed E-state index contributed by atoms with van der Waals surface area (Å²) in [4.78, 5) is 13.6. The van der Waals surface area contributed by atoms with Crippen molar-refractivity contribution in [3.8, 4) is 0 Å². The van der Waals surface area contributed by atoms with E-state index in [1.165, 1.54) is 6.07 Å². The van der Waals surface area contributed by atoms with Gasteiger partial charge < -0.3 is 10.2 Å². The van der Waals surface area contributed by atoms with Gasteiger partial charge in [-0.15, -0.1) is 11.8 Å². The zero-order chi connectivity index (χ0) is 12.1. The molecular weight excluding hydrogens is 256 g/mol. The highest BCUT2D eigenvalue weighted by molar-refractivity contribution is 7.99. The fraction of sp³-hybridized carbons (Fsp3) is 0.375. The molecule has 0 saturated carbocycles. The molecule has 0 amide bonds. The van der Waals surface area contributed by atoms with Crippen LogP contribution in [0.2, 0.25) is 5.02 Å². The van der Waals surface area contributed by atoms with Gasteiger partial charge in [0.25, 0.3) is 5.69 Å². The third kappa shape index (κ3) is 3.60. The van der Waals surface area contributed by atoms with Crippen LogP contribution in [0.25, 0.3) is 0 Å². The van der Waals surface area contributed by atoms with E-state index in [1.807, 2.05) is 0 Å². The van der Waals surface area contributed by atoms with Crippen molar-refractivity contribution >= 4 is 29.1 Å². The molecule has 1 unspecified atom stereocenters. The van der Waals surface area contributed by atoms with Crippen LogP contribution in [0.15, 0.2) is 17.3 Å². The SMILES string of the molecule is O=[N+]([O-])c1cnc(SCC(O)CO)c(Cl)c1. The second-order valence-electron chi connectivity index (χ2n) is 2.89. The van der Waals surface area contributed by atoms with E-state index in [4.69, 9.17) is 21.8 Å². The normalized spacial score (nSPS) is 12.4. The van der Waals surface area contributed by atoms with Gasteiger partial charge in [0.15, 0.2) is 0 Å². The number of thioether (sulfide) groups is 1. The molecule has 88 valence electrons. The zero-order valence-corrected chi connectivity index (χ0v) is 9.61. The maximum absolute atomic E-state index is 10.4. The summed E-state index contributed by atoms with van der Waals surface area (Å²) in [7, 11) is 0. The highest BCUT2D eigenvalue weighted by Crippen LogP contribution is 2.28. The van der Waals surface area contributed by atoms with Crippen molar-refractivity contribution in [2.24, 2.45) is 0 Å². The highest BCUT2D eigenvalue weighted by atomic mass is 35.5. The first-order chi connectivity index (χ1) is 7.54. The lowest BCUT2D eigenvalue weighted by Gasteiger charge is -2.06. The standard InChI is InChI=1S/C8H9ClN2O4S/c9-7-1-5(11(14)15)2-10-8(7)16-4-6(13)3-12/h1-2,6,12-13H,3-4H2. The summed E-state index contributed by atoms with van der Waals surface area (Å²) in [5, 5.41) is 28.6. The Kier molecular flexibility index (Phi) is 4.94. The lowest BCUT2D eigenvalue weighted by molar-refractivity contribution is -0.385. The maximum atomic E-state index is 10.4. The largest absolute Gasteiger partial charge is 0.394 e. The minimum atomic E-state index is -0.863. The molecule has 0 fully saturated rings. The summed E-state index contributed by atoms with van der Waals surface area (Å²) in [6.07, 6.45) is 0.234. The van der Waals surface area contributed by atoms with E-state index in [0.717, 1.165) is 18.0 Å². The Bertz CT molecular complexity index is 390. The van der Waals surface area contributed by atoms with Gasteiger partial charge in [-0.2, -0.15) is 0 Å². The van der Waals surface area contributed by atoms with Crippen molar-refractivity contribution in [1.82, 2.24) is 4.98 Å². The van der Waals surface area contributed by atoms with Gasteiger partial charge in [0.1, 0.15) is 11.2 Å². The fourth-order valence-electron chi connectivity index (χ4n) is 0.849. The molecule has 0 spiro atoms. The van der Waals surface area contributed by atoms with Crippen LogP contribution in [0.1, 0.15) is 0 Å². The second-order valence-corrected chi connectivity index (χ2v) is 4.30. The van der Waals surface area contributed by atoms with E-state index < -0.39 is 11.0 Å². The van der Waals surface area contributed by atoms with Crippen LogP contribution in [0.3, 0.4) is 0 Å². The van der Waals surface area contributed by atoms with Crippen LogP contribution in [-0.2, 0) is 0 Å². The van der Waals surface area contributed by atoms with Gasteiger partial charge in [-0.1, -0.05) is 11.6 Å². The fourth-order valence-corrected chi connectivity index (χ4v) is 1.95. The molecule has 6 nitrogen and oxygen atoms in total. The van der Waals surface area contributed by atoms with Gasteiger partial charge in [-0.3, -0.25) is 10.1 Å². The number of pyridine rings is 1. The predicted molar refractivity (Wildman–Crippen MR) is 59.7 cm³/mol. The van der Waals surface area contributed by atoms with E-state index in [0.29, 0.717) is 5.03 Å². The number of hydrogen-bond acceptors (Lipinski definition) is 6. The second kappa shape index (κ2) is 6.00. The van der Waals surface area contributed by atoms with Crippen molar-refractivity contribution in [2.75, 3.05) is 12.4 Å². The van der Waals surface area contributed by atoms with E-state index >= 15 is 0 Å². The average Bonchev–Trinajstić information content (AvgIpc) is 2.26. The number of aliphatic hydroxyl groups is 2. The molecule has 1 heterocycles. The van der Waals surface area contributed by atoms with Gasteiger partial charge in [0.2, 0.25) is 0 Å². The Morgan fingerprint density at radius 3 is 2.88 bits per heavy atom. The van der Waals surface area contributed by atoms with E-state index in [1.54, 1.807) is 0 Å². The molecule has 1 aromatic heterocycles. The number of halogens is 1. The van der Waals surface area contributed by atoms with Crippen LogP contribution < -0.4 is 0 Å². The third-order valence-corrected chi connectivity index (χ3v) is 3.18. The Morgan fingerprint density at radius 2 is 2.38 bits per heavy atom. The van der Waals surface area contributed by atoms with Gasteiger partial charge >= 0.3 is 0 Å². The van der Waals surface area contributed by atoms with Crippen LogP contribution in [0.5, 0.6) is 0 Å². The van der Waals surface area contributed by atoms with Gasteiger partial charge in [-0.25, -0.2) is 4.98 Å². The number of aliphatic hydroxyl groups excluding tert-OH is 2.